The van der Waals surface area contributed by atoms with Gasteiger partial charge in [-0.2, -0.15) is 10.5 Å². The lowest BCUT2D eigenvalue weighted by Gasteiger charge is -2.45. The average molecular weight is 425 g/mol. The highest BCUT2D eigenvalue weighted by molar-refractivity contribution is 5.77. The molecule has 3 heterocycles. The maximum absolute atomic E-state index is 12.9. The first-order valence-corrected chi connectivity index (χ1v) is 10.1. The summed E-state index contributed by atoms with van der Waals surface area (Å²) in [5, 5.41) is 18.8. The third-order valence-corrected chi connectivity index (χ3v) is 5.29. The highest BCUT2D eigenvalue weighted by atomic mass is 16.6. The summed E-state index contributed by atoms with van der Waals surface area (Å²) < 4.78 is 8.42. The van der Waals surface area contributed by atoms with E-state index in [9.17, 15) is 14.9 Å². The lowest BCUT2D eigenvalue weighted by molar-refractivity contribution is 0.0130. The van der Waals surface area contributed by atoms with Gasteiger partial charge < -0.3 is 14.5 Å². The monoisotopic (exact) mass is 425 g/mol. The number of ether oxygens (including phenoxy) is 1. The van der Waals surface area contributed by atoms with Gasteiger partial charge >= 0.3 is 6.09 Å². The van der Waals surface area contributed by atoms with Crippen LogP contribution in [0.2, 0.25) is 0 Å². The molecule has 1 aliphatic rings. The number of amides is 1. The molecule has 31 heavy (non-hydrogen) atoms. The summed E-state index contributed by atoms with van der Waals surface area (Å²) in [5.74, 6) is 0. The van der Waals surface area contributed by atoms with Crippen LogP contribution in [0.5, 0.6) is 0 Å². The molecule has 0 unspecified atom stereocenters. The smallest absolute Gasteiger partial charge is 0.410 e. The van der Waals surface area contributed by atoms with Crippen molar-refractivity contribution in [3.8, 4) is 12.1 Å². The molecule has 0 saturated carbocycles. The van der Waals surface area contributed by atoms with E-state index in [1.807, 2.05) is 45.6 Å². The van der Waals surface area contributed by atoms with Crippen molar-refractivity contribution in [2.75, 3.05) is 18.0 Å². The Labute approximate surface area is 180 Å². The third kappa shape index (κ3) is 4.06. The van der Waals surface area contributed by atoms with E-state index >= 15 is 0 Å². The van der Waals surface area contributed by atoms with Gasteiger partial charge in [-0.3, -0.25) is 4.79 Å². The van der Waals surface area contributed by atoms with Crippen LogP contribution in [-0.2, 0) is 18.2 Å². The van der Waals surface area contributed by atoms with Crippen molar-refractivity contribution in [3.63, 3.8) is 0 Å². The summed E-state index contributed by atoms with van der Waals surface area (Å²) in [4.78, 5) is 33.7. The van der Waals surface area contributed by atoms with Crippen molar-refractivity contribution in [1.82, 2.24) is 19.1 Å². The molecule has 2 atom stereocenters. The Kier molecular flexibility index (Phi) is 5.68. The Morgan fingerprint density at radius 3 is 2.52 bits per heavy atom. The van der Waals surface area contributed by atoms with Gasteiger partial charge in [0.15, 0.2) is 5.65 Å². The van der Waals surface area contributed by atoms with Crippen LogP contribution >= 0.6 is 0 Å². The van der Waals surface area contributed by atoms with E-state index in [0.717, 1.165) is 0 Å². The first kappa shape index (κ1) is 22.2. The second kappa shape index (κ2) is 7.95. The van der Waals surface area contributed by atoms with Crippen LogP contribution in [0.15, 0.2) is 11.0 Å². The molecule has 2 aromatic heterocycles. The fourth-order valence-electron chi connectivity index (χ4n) is 3.83. The van der Waals surface area contributed by atoms with Crippen LogP contribution < -0.4 is 10.5 Å². The van der Waals surface area contributed by atoms with Gasteiger partial charge in [0.1, 0.15) is 22.9 Å². The van der Waals surface area contributed by atoms with E-state index in [1.54, 1.807) is 22.7 Å². The molecule has 0 N–H and O–H groups in total. The minimum Gasteiger partial charge on any atom is -0.444 e. The largest absolute Gasteiger partial charge is 0.444 e. The molecule has 1 amide bonds. The summed E-state index contributed by atoms with van der Waals surface area (Å²) >= 11 is 0. The number of nitrogens with zero attached hydrogens (tertiary/aromatic N) is 7. The number of fused-ring (bicyclic) bond motifs is 1. The molecule has 2 aromatic rings. The number of carbonyl (C=O) groups is 1. The zero-order valence-electron chi connectivity index (χ0n) is 18.7. The number of hydrogen-bond donors (Lipinski definition) is 0. The van der Waals surface area contributed by atoms with E-state index in [1.165, 1.54) is 4.68 Å². The molecule has 10 heteroatoms. The number of carbonyl (C=O) groups excluding carboxylic acids is 1. The Morgan fingerprint density at radius 2 is 1.94 bits per heavy atom. The topological polar surface area (TPSA) is 120 Å². The summed E-state index contributed by atoms with van der Waals surface area (Å²) in [7, 11) is 1.56. The Bertz CT molecular complexity index is 1160. The molecule has 1 fully saturated rings. The van der Waals surface area contributed by atoms with Crippen molar-refractivity contribution >= 4 is 17.4 Å². The number of piperazine rings is 1. The normalized spacial score (nSPS) is 19.2. The summed E-state index contributed by atoms with van der Waals surface area (Å²) in [5.41, 5.74) is 0.332. The van der Waals surface area contributed by atoms with E-state index in [2.05, 4.69) is 11.1 Å². The summed E-state index contributed by atoms with van der Waals surface area (Å²) in [6.07, 6.45) is 1.34. The summed E-state index contributed by atoms with van der Waals surface area (Å²) in [6, 6.07) is 3.69. The molecule has 164 valence electrons. The van der Waals surface area contributed by atoms with Crippen LogP contribution in [0.1, 0.15) is 45.9 Å². The molecule has 3 rings (SSSR count). The van der Waals surface area contributed by atoms with Crippen molar-refractivity contribution in [2.24, 2.45) is 7.05 Å². The number of hydrogen-bond acceptors (Lipinski definition) is 7. The molecule has 0 aromatic carbocycles. The molecule has 1 aliphatic heterocycles. The van der Waals surface area contributed by atoms with Crippen LogP contribution in [0.4, 0.5) is 10.5 Å². The zero-order chi connectivity index (χ0) is 23.1. The van der Waals surface area contributed by atoms with Crippen molar-refractivity contribution in [1.29, 1.82) is 10.5 Å². The minimum atomic E-state index is -0.601. The Balaban J connectivity index is 2.07. The van der Waals surface area contributed by atoms with Gasteiger partial charge in [-0.1, -0.05) is 0 Å². The second-order valence-electron chi connectivity index (χ2n) is 8.88. The molecular formula is C21H27N7O3. The first-order valence-electron chi connectivity index (χ1n) is 10.1. The van der Waals surface area contributed by atoms with E-state index in [4.69, 9.17) is 10.00 Å². The van der Waals surface area contributed by atoms with Crippen LogP contribution in [0.25, 0.3) is 5.65 Å². The fraction of sp³-hybridized carbons (Fsp3) is 0.571. The van der Waals surface area contributed by atoms with Gasteiger partial charge in [0.25, 0.3) is 5.56 Å². The number of nitriles is 2. The Morgan fingerprint density at radius 1 is 1.26 bits per heavy atom. The molecule has 0 radical (unpaired) electrons. The van der Waals surface area contributed by atoms with Crippen molar-refractivity contribution in [3.05, 3.63) is 27.8 Å². The lowest BCUT2D eigenvalue weighted by atomic mass is 10.1. The van der Waals surface area contributed by atoms with Gasteiger partial charge in [0.2, 0.25) is 0 Å². The highest BCUT2D eigenvalue weighted by Crippen LogP contribution is 2.30. The standard InChI is InChI=1S/C21H27N7O3/c1-13-11-27(20(30)31-21(3,4)5)14(2)10-26(13)17-16(9-23)19(29)25(6)28-12-15(7-8-22)24-18(17)28/h12-14H,7,10-11H2,1-6H3/t13-,14+/m0/s1. The molecule has 0 spiro atoms. The average Bonchev–Trinajstić information content (AvgIpc) is 3.08. The van der Waals surface area contributed by atoms with Gasteiger partial charge in [-0.15, -0.1) is 0 Å². The number of aromatic nitrogens is 3. The molecule has 0 aliphatic carbocycles. The van der Waals surface area contributed by atoms with Gasteiger partial charge in [0.05, 0.1) is 24.4 Å². The van der Waals surface area contributed by atoms with Gasteiger partial charge in [-0.25, -0.2) is 19.0 Å². The number of aryl methyl sites for hydroxylation is 1. The fourth-order valence-corrected chi connectivity index (χ4v) is 3.83. The van der Waals surface area contributed by atoms with E-state index in [0.29, 0.717) is 30.1 Å². The van der Waals surface area contributed by atoms with Crippen LogP contribution in [0, 0.1) is 22.7 Å². The van der Waals surface area contributed by atoms with E-state index < -0.39 is 17.3 Å². The van der Waals surface area contributed by atoms with Gasteiger partial charge in [-0.05, 0) is 34.6 Å². The third-order valence-electron chi connectivity index (χ3n) is 5.29. The molecule has 1 saturated heterocycles. The zero-order valence-corrected chi connectivity index (χ0v) is 18.7. The second-order valence-corrected chi connectivity index (χ2v) is 8.88. The number of rotatable bonds is 2. The predicted octanol–water partition coefficient (Wildman–Crippen LogP) is 1.80. The van der Waals surface area contributed by atoms with Crippen molar-refractivity contribution in [2.45, 2.75) is 58.7 Å². The first-order chi connectivity index (χ1) is 14.5. The Hall–Kier alpha value is -3.53. The minimum absolute atomic E-state index is 0.00567. The number of imidazole rings is 1. The molecular weight excluding hydrogens is 398 g/mol. The van der Waals surface area contributed by atoms with Crippen LogP contribution in [-0.4, -0.2) is 55.9 Å². The molecule has 10 nitrogen and oxygen atoms in total. The predicted molar refractivity (Wildman–Crippen MR) is 114 cm³/mol. The van der Waals surface area contributed by atoms with Crippen LogP contribution in [0.3, 0.4) is 0 Å². The lowest BCUT2D eigenvalue weighted by Crippen LogP contribution is -2.59. The maximum Gasteiger partial charge on any atom is 0.410 e. The SMILES string of the molecule is C[C@@H]1CN(c2c(C#N)c(=O)n(C)n3cc(CC#N)nc23)[C@@H](C)CN1C(=O)OC(C)(C)C. The maximum atomic E-state index is 12.9. The van der Waals surface area contributed by atoms with Crippen molar-refractivity contribution < 1.29 is 9.53 Å². The molecule has 0 bridgehead atoms. The highest BCUT2D eigenvalue weighted by Gasteiger charge is 2.37. The van der Waals surface area contributed by atoms with E-state index in [-0.39, 0.29) is 24.1 Å². The quantitative estimate of drug-likeness (QED) is 0.719. The summed E-state index contributed by atoms with van der Waals surface area (Å²) in [6.45, 7) is 10.1. The van der Waals surface area contributed by atoms with Gasteiger partial charge in [0, 0.05) is 32.2 Å². The number of anilines is 1.